The highest BCUT2D eigenvalue weighted by atomic mass is 16.6. The monoisotopic (exact) mass is 465 g/mol. The molecule has 1 aromatic heterocycles. The Labute approximate surface area is 196 Å². The van der Waals surface area contributed by atoms with E-state index in [2.05, 4.69) is 4.90 Å². The van der Waals surface area contributed by atoms with Crippen LogP contribution in [0.5, 0.6) is 0 Å². The van der Waals surface area contributed by atoms with Crippen LogP contribution in [0.25, 0.3) is 16.6 Å². The fourth-order valence-corrected chi connectivity index (χ4v) is 3.90. The molecule has 0 bridgehead atoms. The molecular formula is C24H27N5O5. The summed E-state index contributed by atoms with van der Waals surface area (Å²) in [5, 5.41) is 11.4. The predicted molar refractivity (Wildman–Crippen MR) is 127 cm³/mol. The molecular weight excluding hydrogens is 438 g/mol. The van der Waals surface area contributed by atoms with E-state index in [1.165, 1.54) is 22.8 Å². The molecule has 1 amide bonds. The fraction of sp³-hybridized carbons (Fsp3) is 0.375. The van der Waals surface area contributed by atoms with Crippen molar-refractivity contribution >= 4 is 22.7 Å². The van der Waals surface area contributed by atoms with Crippen LogP contribution in [0.1, 0.15) is 26.6 Å². The molecule has 0 spiro atoms. The van der Waals surface area contributed by atoms with Gasteiger partial charge in [-0.2, -0.15) is 0 Å². The van der Waals surface area contributed by atoms with Gasteiger partial charge in [-0.25, -0.2) is 9.78 Å². The first-order chi connectivity index (χ1) is 16.1. The number of hydrogen-bond donors (Lipinski definition) is 0. The maximum absolute atomic E-state index is 13.5. The van der Waals surface area contributed by atoms with Gasteiger partial charge in [-0.05, 0) is 39.0 Å². The average molecular weight is 466 g/mol. The highest BCUT2D eigenvalue weighted by Gasteiger charge is 2.27. The van der Waals surface area contributed by atoms with Crippen molar-refractivity contribution in [1.82, 2.24) is 19.4 Å². The third-order valence-electron chi connectivity index (χ3n) is 5.54. The van der Waals surface area contributed by atoms with Gasteiger partial charge in [-0.15, -0.1) is 0 Å². The van der Waals surface area contributed by atoms with E-state index in [9.17, 15) is 19.7 Å². The number of rotatable bonds is 4. The molecule has 0 aliphatic carbocycles. The van der Waals surface area contributed by atoms with Crippen LogP contribution >= 0.6 is 0 Å². The van der Waals surface area contributed by atoms with Gasteiger partial charge in [0.2, 0.25) is 0 Å². The first-order valence-corrected chi connectivity index (χ1v) is 11.1. The lowest BCUT2D eigenvalue weighted by Crippen LogP contribution is -2.50. The highest BCUT2D eigenvalue weighted by Crippen LogP contribution is 2.20. The summed E-state index contributed by atoms with van der Waals surface area (Å²) in [5.74, 6) is 0.531. The quantitative estimate of drug-likeness (QED) is 0.429. The smallest absolute Gasteiger partial charge is 0.410 e. The first kappa shape index (κ1) is 23.4. The lowest BCUT2D eigenvalue weighted by molar-refractivity contribution is -0.384. The zero-order valence-electron chi connectivity index (χ0n) is 19.4. The number of fused-ring (bicyclic) bond motifs is 1. The van der Waals surface area contributed by atoms with Gasteiger partial charge in [0.1, 0.15) is 11.4 Å². The van der Waals surface area contributed by atoms with Gasteiger partial charge in [-0.1, -0.05) is 18.2 Å². The number of amides is 1. The lowest BCUT2D eigenvalue weighted by atomic mass is 10.2. The van der Waals surface area contributed by atoms with E-state index in [0.29, 0.717) is 49.8 Å². The molecule has 4 rings (SSSR count). The number of nitrogens with zero attached hydrogens (tertiary/aromatic N) is 5. The third kappa shape index (κ3) is 5.07. The van der Waals surface area contributed by atoms with Gasteiger partial charge in [0, 0.05) is 38.3 Å². The molecule has 10 heteroatoms. The minimum atomic E-state index is -0.552. The van der Waals surface area contributed by atoms with Gasteiger partial charge >= 0.3 is 6.09 Å². The summed E-state index contributed by atoms with van der Waals surface area (Å²) in [6.45, 7) is 8.11. The molecule has 0 unspecified atom stereocenters. The maximum atomic E-state index is 13.5. The Hall–Kier alpha value is -3.79. The predicted octanol–water partition coefficient (Wildman–Crippen LogP) is 3.35. The van der Waals surface area contributed by atoms with Crippen molar-refractivity contribution in [2.45, 2.75) is 32.9 Å². The molecule has 34 heavy (non-hydrogen) atoms. The molecule has 2 heterocycles. The number of carbonyl (C=O) groups is 1. The zero-order chi connectivity index (χ0) is 24.5. The van der Waals surface area contributed by atoms with Crippen molar-refractivity contribution in [2.75, 3.05) is 26.2 Å². The summed E-state index contributed by atoms with van der Waals surface area (Å²) >= 11 is 0. The molecule has 0 radical (unpaired) electrons. The molecule has 1 fully saturated rings. The van der Waals surface area contributed by atoms with E-state index in [1.807, 2.05) is 39.0 Å². The van der Waals surface area contributed by atoms with Gasteiger partial charge in [0.05, 0.1) is 28.1 Å². The molecule has 1 aliphatic rings. The lowest BCUT2D eigenvalue weighted by Gasteiger charge is -2.35. The highest BCUT2D eigenvalue weighted by molar-refractivity contribution is 5.80. The summed E-state index contributed by atoms with van der Waals surface area (Å²) in [6.07, 6.45) is -0.334. The summed E-state index contributed by atoms with van der Waals surface area (Å²) in [5.41, 5.74) is -0.0235. The minimum absolute atomic E-state index is 0.156. The number of benzene rings is 2. The van der Waals surface area contributed by atoms with Crippen LogP contribution in [0.4, 0.5) is 10.5 Å². The van der Waals surface area contributed by atoms with E-state index < -0.39 is 10.5 Å². The normalized spacial score (nSPS) is 14.9. The Morgan fingerprint density at radius 3 is 2.38 bits per heavy atom. The van der Waals surface area contributed by atoms with E-state index in [-0.39, 0.29) is 22.7 Å². The number of piperazine rings is 1. The number of aromatic nitrogens is 2. The number of nitro groups is 1. The topological polar surface area (TPSA) is 111 Å². The number of non-ortho nitro benzene ring substituents is 1. The molecule has 0 N–H and O–H groups in total. The molecule has 3 aromatic rings. The second kappa shape index (κ2) is 9.22. The second-order valence-corrected chi connectivity index (χ2v) is 9.21. The van der Waals surface area contributed by atoms with Crippen LogP contribution in [0, 0.1) is 10.1 Å². The average Bonchev–Trinajstić information content (AvgIpc) is 2.79. The molecule has 0 atom stereocenters. The van der Waals surface area contributed by atoms with Crippen LogP contribution in [-0.2, 0) is 11.3 Å². The number of ether oxygens (including phenoxy) is 1. The van der Waals surface area contributed by atoms with Crippen LogP contribution < -0.4 is 5.56 Å². The molecule has 2 aromatic carbocycles. The van der Waals surface area contributed by atoms with E-state index in [4.69, 9.17) is 9.72 Å². The second-order valence-electron chi connectivity index (χ2n) is 9.21. The zero-order valence-corrected chi connectivity index (χ0v) is 19.4. The van der Waals surface area contributed by atoms with Crippen molar-refractivity contribution in [1.29, 1.82) is 0 Å². The third-order valence-corrected chi connectivity index (χ3v) is 5.54. The molecule has 178 valence electrons. The van der Waals surface area contributed by atoms with Crippen LogP contribution in [0.3, 0.4) is 0 Å². The Morgan fingerprint density at radius 1 is 1.09 bits per heavy atom. The Morgan fingerprint density at radius 2 is 1.76 bits per heavy atom. The molecule has 1 aliphatic heterocycles. The van der Waals surface area contributed by atoms with Crippen LogP contribution in [-0.4, -0.2) is 62.1 Å². The van der Waals surface area contributed by atoms with E-state index in [1.54, 1.807) is 17.0 Å². The van der Waals surface area contributed by atoms with E-state index in [0.717, 1.165) is 0 Å². The number of nitro benzene ring substituents is 1. The van der Waals surface area contributed by atoms with Crippen molar-refractivity contribution in [3.05, 3.63) is 74.8 Å². The van der Waals surface area contributed by atoms with Gasteiger partial charge in [-0.3, -0.25) is 24.4 Å². The van der Waals surface area contributed by atoms with Crippen molar-refractivity contribution in [3.63, 3.8) is 0 Å². The van der Waals surface area contributed by atoms with Crippen molar-refractivity contribution < 1.29 is 14.5 Å². The summed E-state index contributed by atoms with van der Waals surface area (Å²) in [7, 11) is 0. The minimum Gasteiger partial charge on any atom is -0.444 e. The Balaban J connectivity index is 1.64. The van der Waals surface area contributed by atoms with Crippen molar-refractivity contribution in [3.8, 4) is 5.69 Å². The summed E-state index contributed by atoms with van der Waals surface area (Å²) in [4.78, 5) is 45.0. The van der Waals surface area contributed by atoms with Crippen molar-refractivity contribution in [2.24, 2.45) is 0 Å². The number of carbonyl (C=O) groups excluding carboxylic acids is 1. The molecule has 1 saturated heterocycles. The standard InChI is InChI=1S/C24H27N5O5/c1-24(2,3)34-23(31)27-13-11-26(12-14-27)16-21-25-20-10-9-18(29(32)33)15-19(20)22(30)28(21)17-7-5-4-6-8-17/h4-10,15H,11-14,16H2,1-3H3. The first-order valence-electron chi connectivity index (χ1n) is 11.1. The fourth-order valence-electron chi connectivity index (χ4n) is 3.90. The van der Waals surface area contributed by atoms with Gasteiger partial charge < -0.3 is 9.64 Å². The Bertz CT molecular complexity index is 1270. The number of para-hydroxylation sites is 1. The van der Waals surface area contributed by atoms with Crippen LogP contribution in [0.15, 0.2) is 53.3 Å². The van der Waals surface area contributed by atoms with Gasteiger partial charge in [0.15, 0.2) is 0 Å². The summed E-state index contributed by atoms with van der Waals surface area (Å²) < 4.78 is 6.97. The summed E-state index contributed by atoms with van der Waals surface area (Å²) in [6, 6.07) is 13.2. The Kier molecular flexibility index (Phi) is 6.34. The van der Waals surface area contributed by atoms with Crippen LogP contribution in [0.2, 0.25) is 0 Å². The molecule has 10 nitrogen and oxygen atoms in total. The van der Waals surface area contributed by atoms with Gasteiger partial charge in [0.25, 0.3) is 11.2 Å². The number of hydrogen-bond acceptors (Lipinski definition) is 7. The SMILES string of the molecule is CC(C)(C)OC(=O)N1CCN(Cc2nc3ccc([N+](=O)[O-])cc3c(=O)n2-c2ccccc2)CC1. The van der Waals surface area contributed by atoms with E-state index >= 15 is 0 Å². The maximum Gasteiger partial charge on any atom is 0.410 e. The molecule has 0 saturated carbocycles. The largest absolute Gasteiger partial charge is 0.444 e.